The first-order valence-electron chi connectivity index (χ1n) is 5.78. The number of anilines is 1. The number of amides is 1. The van der Waals surface area contributed by atoms with Crippen molar-refractivity contribution in [3.05, 3.63) is 48.9 Å². The van der Waals surface area contributed by atoms with E-state index in [2.05, 4.69) is 15.0 Å². The van der Waals surface area contributed by atoms with E-state index in [1.165, 1.54) is 7.11 Å². The zero-order chi connectivity index (χ0) is 15.4. The molecule has 110 valence electrons. The van der Waals surface area contributed by atoms with Gasteiger partial charge in [0.2, 0.25) is 5.91 Å². The third kappa shape index (κ3) is 3.66. The average Bonchev–Trinajstić information content (AvgIpc) is 2.84. The summed E-state index contributed by atoms with van der Waals surface area (Å²) in [5, 5.41) is 4.17. The molecule has 0 fully saturated rings. The van der Waals surface area contributed by atoms with Crippen molar-refractivity contribution < 1.29 is 14.3 Å². The Kier molecular flexibility index (Phi) is 4.33. The van der Waals surface area contributed by atoms with Crippen molar-refractivity contribution in [2.75, 3.05) is 12.4 Å². The molecule has 0 aliphatic rings. The number of aromatic amines is 2. The number of hydrogen-bond donors (Lipinski definition) is 3. The van der Waals surface area contributed by atoms with E-state index in [0.29, 0.717) is 5.69 Å². The SMILES string of the molecule is COC(=O)c1sccc1NC(=O)Cc1cc(=O)[nH]c(=O)[nH]1. The number of hydrogen-bond acceptors (Lipinski definition) is 6. The number of rotatable bonds is 4. The molecule has 0 unspecified atom stereocenters. The molecule has 0 atom stereocenters. The maximum atomic E-state index is 11.9. The minimum atomic E-state index is -0.684. The van der Waals surface area contributed by atoms with Gasteiger partial charge in [-0.15, -0.1) is 11.3 Å². The molecule has 2 aromatic heterocycles. The zero-order valence-corrected chi connectivity index (χ0v) is 11.7. The van der Waals surface area contributed by atoms with Gasteiger partial charge in [-0.1, -0.05) is 0 Å². The predicted octanol–water partition coefficient (Wildman–Crippen LogP) is 0.0925. The van der Waals surface area contributed by atoms with E-state index in [0.717, 1.165) is 17.4 Å². The van der Waals surface area contributed by atoms with E-state index >= 15 is 0 Å². The number of H-pyrrole nitrogens is 2. The lowest BCUT2D eigenvalue weighted by molar-refractivity contribution is -0.115. The van der Waals surface area contributed by atoms with Gasteiger partial charge in [0.15, 0.2) is 0 Å². The summed E-state index contributed by atoms with van der Waals surface area (Å²) in [5.74, 6) is -1.02. The van der Waals surface area contributed by atoms with Crippen molar-refractivity contribution in [1.82, 2.24) is 9.97 Å². The third-order valence-corrected chi connectivity index (χ3v) is 3.37. The summed E-state index contributed by atoms with van der Waals surface area (Å²) in [6.45, 7) is 0. The van der Waals surface area contributed by atoms with Crippen LogP contribution >= 0.6 is 11.3 Å². The average molecular weight is 309 g/mol. The number of esters is 1. The molecule has 0 radical (unpaired) electrons. The number of thiophene rings is 1. The minimum Gasteiger partial charge on any atom is -0.465 e. The second-order valence-corrected chi connectivity index (χ2v) is 4.91. The van der Waals surface area contributed by atoms with Gasteiger partial charge < -0.3 is 15.0 Å². The van der Waals surface area contributed by atoms with Crippen LogP contribution in [0.4, 0.5) is 5.69 Å². The monoisotopic (exact) mass is 309 g/mol. The molecule has 2 heterocycles. The molecule has 8 nitrogen and oxygen atoms in total. The molecular formula is C12H11N3O5S. The molecule has 0 saturated heterocycles. The molecule has 21 heavy (non-hydrogen) atoms. The Morgan fingerprint density at radius 1 is 1.33 bits per heavy atom. The number of ether oxygens (including phenoxy) is 1. The van der Waals surface area contributed by atoms with Crippen LogP contribution in [0.1, 0.15) is 15.4 Å². The Morgan fingerprint density at radius 3 is 2.76 bits per heavy atom. The van der Waals surface area contributed by atoms with Crippen LogP contribution in [0.5, 0.6) is 0 Å². The van der Waals surface area contributed by atoms with Crippen LogP contribution in [0.3, 0.4) is 0 Å². The lowest BCUT2D eigenvalue weighted by Crippen LogP contribution is -2.25. The second kappa shape index (κ2) is 6.18. The number of carbonyl (C=O) groups is 2. The van der Waals surface area contributed by atoms with Crippen molar-refractivity contribution in [2.24, 2.45) is 0 Å². The maximum Gasteiger partial charge on any atom is 0.350 e. The van der Waals surface area contributed by atoms with Crippen LogP contribution in [-0.4, -0.2) is 29.0 Å². The van der Waals surface area contributed by atoms with Crippen LogP contribution in [-0.2, 0) is 16.0 Å². The molecule has 0 aliphatic heterocycles. The summed E-state index contributed by atoms with van der Waals surface area (Å²) < 4.78 is 4.59. The highest BCUT2D eigenvalue weighted by molar-refractivity contribution is 7.12. The van der Waals surface area contributed by atoms with Gasteiger partial charge in [0.25, 0.3) is 5.56 Å². The number of carbonyl (C=O) groups excluding carboxylic acids is 2. The number of aromatic nitrogens is 2. The van der Waals surface area contributed by atoms with Crippen molar-refractivity contribution >= 4 is 28.9 Å². The lowest BCUT2D eigenvalue weighted by atomic mass is 10.2. The van der Waals surface area contributed by atoms with E-state index in [1.54, 1.807) is 11.4 Å². The van der Waals surface area contributed by atoms with Gasteiger partial charge in [-0.25, -0.2) is 9.59 Å². The Balaban J connectivity index is 2.12. The van der Waals surface area contributed by atoms with Crippen LogP contribution in [0.25, 0.3) is 0 Å². The smallest absolute Gasteiger partial charge is 0.350 e. The molecule has 0 bridgehead atoms. The van der Waals surface area contributed by atoms with Crippen LogP contribution < -0.4 is 16.6 Å². The van der Waals surface area contributed by atoms with Gasteiger partial charge in [-0.3, -0.25) is 14.6 Å². The molecule has 2 aromatic rings. The van der Waals surface area contributed by atoms with Crippen LogP contribution in [0.15, 0.2) is 27.1 Å². The third-order valence-electron chi connectivity index (χ3n) is 2.48. The van der Waals surface area contributed by atoms with Gasteiger partial charge in [-0.2, -0.15) is 0 Å². The lowest BCUT2D eigenvalue weighted by Gasteiger charge is -2.05. The largest absolute Gasteiger partial charge is 0.465 e. The van der Waals surface area contributed by atoms with E-state index in [-0.39, 0.29) is 17.0 Å². The summed E-state index contributed by atoms with van der Waals surface area (Å²) in [6.07, 6.45) is -0.199. The molecule has 0 spiro atoms. The quantitative estimate of drug-likeness (QED) is 0.691. The van der Waals surface area contributed by atoms with E-state index in [4.69, 9.17) is 0 Å². The first kappa shape index (κ1) is 14.7. The minimum absolute atomic E-state index is 0.177. The Bertz CT molecular complexity index is 760. The van der Waals surface area contributed by atoms with Gasteiger partial charge in [-0.05, 0) is 11.4 Å². The van der Waals surface area contributed by atoms with E-state index in [9.17, 15) is 19.2 Å². The first-order chi connectivity index (χ1) is 9.99. The van der Waals surface area contributed by atoms with Crippen molar-refractivity contribution in [3.8, 4) is 0 Å². The molecular weight excluding hydrogens is 298 g/mol. The van der Waals surface area contributed by atoms with Gasteiger partial charge in [0.1, 0.15) is 4.88 Å². The Labute approximate surface area is 121 Å². The van der Waals surface area contributed by atoms with E-state index in [1.807, 2.05) is 4.98 Å². The fourth-order valence-corrected chi connectivity index (χ4v) is 2.41. The van der Waals surface area contributed by atoms with Crippen molar-refractivity contribution in [1.29, 1.82) is 0 Å². The van der Waals surface area contributed by atoms with Gasteiger partial charge in [0, 0.05) is 11.8 Å². The summed E-state index contributed by atoms with van der Waals surface area (Å²) in [7, 11) is 1.24. The fraction of sp³-hybridized carbons (Fsp3) is 0.167. The number of methoxy groups -OCH3 is 1. The maximum absolute atomic E-state index is 11.9. The summed E-state index contributed by atoms with van der Waals surface area (Å²) >= 11 is 1.13. The van der Waals surface area contributed by atoms with Crippen LogP contribution in [0.2, 0.25) is 0 Å². The summed E-state index contributed by atoms with van der Waals surface area (Å²) in [6, 6.07) is 2.69. The Hall–Kier alpha value is -2.68. The number of nitrogens with one attached hydrogen (secondary N) is 3. The van der Waals surface area contributed by atoms with Crippen molar-refractivity contribution in [3.63, 3.8) is 0 Å². The van der Waals surface area contributed by atoms with Gasteiger partial charge >= 0.3 is 11.7 Å². The standard InChI is InChI=1S/C12H11N3O5S/c1-20-11(18)10-7(2-3-21-10)14-8(16)4-6-5-9(17)15-12(19)13-6/h2-3,5H,4H2,1H3,(H,14,16)(H2,13,15,17,19). The van der Waals surface area contributed by atoms with Crippen molar-refractivity contribution in [2.45, 2.75) is 6.42 Å². The highest BCUT2D eigenvalue weighted by atomic mass is 32.1. The Morgan fingerprint density at radius 2 is 2.10 bits per heavy atom. The fourth-order valence-electron chi connectivity index (χ4n) is 1.64. The molecule has 0 aliphatic carbocycles. The van der Waals surface area contributed by atoms with E-state index < -0.39 is 23.1 Å². The first-order valence-corrected chi connectivity index (χ1v) is 6.65. The van der Waals surface area contributed by atoms with Gasteiger partial charge in [0.05, 0.1) is 19.2 Å². The van der Waals surface area contributed by atoms with Crippen LogP contribution in [0, 0.1) is 0 Å². The highest BCUT2D eigenvalue weighted by Crippen LogP contribution is 2.23. The predicted molar refractivity (Wildman–Crippen MR) is 75.7 cm³/mol. The highest BCUT2D eigenvalue weighted by Gasteiger charge is 2.15. The molecule has 2 rings (SSSR count). The molecule has 9 heteroatoms. The normalized spacial score (nSPS) is 10.1. The molecule has 0 saturated carbocycles. The topological polar surface area (TPSA) is 121 Å². The summed E-state index contributed by atoms with van der Waals surface area (Å²) in [5.41, 5.74) is -0.774. The molecule has 0 aromatic carbocycles. The second-order valence-electron chi connectivity index (χ2n) is 3.99. The zero-order valence-electron chi connectivity index (χ0n) is 10.9. The molecule has 3 N–H and O–H groups in total. The summed E-state index contributed by atoms with van der Waals surface area (Å²) in [4.78, 5) is 50.2. The molecule has 1 amide bonds.